The van der Waals surface area contributed by atoms with E-state index in [4.69, 9.17) is 0 Å². The molecule has 1 heterocycles. The first kappa shape index (κ1) is 4.50. The van der Waals surface area contributed by atoms with E-state index in [1.807, 2.05) is 0 Å². The summed E-state index contributed by atoms with van der Waals surface area (Å²) < 4.78 is 12.0. The predicted octanol–water partition coefficient (Wildman–Crippen LogP) is 1.31. The van der Waals surface area contributed by atoms with Crippen LogP contribution in [0.5, 0.6) is 0 Å². The SMILES string of the molecule is FC1C=CN=CC1. The van der Waals surface area contributed by atoms with Crippen molar-refractivity contribution in [2.24, 2.45) is 4.99 Å². The van der Waals surface area contributed by atoms with Crippen LogP contribution < -0.4 is 0 Å². The molecule has 2 heteroatoms. The Kier molecular flexibility index (Phi) is 1.20. The van der Waals surface area contributed by atoms with Gasteiger partial charge in [-0.3, -0.25) is 4.99 Å². The largest absolute Gasteiger partial charge is 0.269 e. The monoisotopic (exact) mass is 99.0 g/mol. The molecule has 1 unspecified atom stereocenters. The van der Waals surface area contributed by atoms with E-state index < -0.39 is 6.17 Å². The maximum Gasteiger partial charge on any atom is 0.125 e. The summed E-state index contributed by atoms with van der Waals surface area (Å²) in [7, 11) is 0. The average Bonchev–Trinajstić information content (AvgIpc) is 1.69. The molecule has 0 saturated heterocycles. The van der Waals surface area contributed by atoms with Crippen molar-refractivity contribution < 1.29 is 4.39 Å². The fourth-order valence-electron chi connectivity index (χ4n) is 0.444. The van der Waals surface area contributed by atoms with Crippen molar-refractivity contribution in [3.8, 4) is 0 Å². The molecule has 0 aromatic heterocycles. The summed E-state index contributed by atoms with van der Waals surface area (Å²) in [6.45, 7) is 0. The first-order valence-corrected chi connectivity index (χ1v) is 2.22. The summed E-state index contributed by atoms with van der Waals surface area (Å²) in [5.74, 6) is 0. The van der Waals surface area contributed by atoms with Gasteiger partial charge in [0.05, 0.1) is 0 Å². The zero-order chi connectivity index (χ0) is 5.11. The van der Waals surface area contributed by atoms with Crippen molar-refractivity contribution in [3.05, 3.63) is 12.3 Å². The molecular formula is C5H6FN. The normalized spacial score (nSPS) is 28.4. The summed E-state index contributed by atoms with van der Waals surface area (Å²) >= 11 is 0. The van der Waals surface area contributed by atoms with E-state index in [0.717, 1.165) is 0 Å². The van der Waals surface area contributed by atoms with Gasteiger partial charge in [-0.1, -0.05) is 0 Å². The lowest BCUT2D eigenvalue weighted by atomic mass is 10.2. The van der Waals surface area contributed by atoms with Crippen molar-refractivity contribution >= 4 is 6.21 Å². The molecule has 0 fully saturated rings. The molecule has 1 atom stereocenters. The highest BCUT2D eigenvalue weighted by molar-refractivity contribution is 5.60. The minimum Gasteiger partial charge on any atom is -0.269 e. The molecule has 0 bridgehead atoms. The van der Waals surface area contributed by atoms with Gasteiger partial charge < -0.3 is 0 Å². The predicted molar refractivity (Wildman–Crippen MR) is 27.1 cm³/mol. The molecule has 1 nitrogen and oxygen atoms in total. The highest BCUT2D eigenvalue weighted by Crippen LogP contribution is 2.01. The quantitative estimate of drug-likeness (QED) is 0.434. The molecule has 0 spiro atoms. The zero-order valence-electron chi connectivity index (χ0n) is 3.84. The van der Waals surface area contributed by atoms with Gasteiger partial charge in [0.1, 0.15) is 6.17 Å². The van der Waals surface area contributed by atoms with Crippen molar-refractivity contribution in [3.63, 3.8) is 0 Å². The second-order valence-corrected chi connectivity index (χ2v) is 1.42. The molecule has 0 N–H and O–H groups in total. The summed E-state index contributed by atoms with van der Waals surface area (Å²) in [4.78, 5) is 3.68. The molecule has 0 aromatic carbocycles. The number of allylic oxidation sites excluding steroid dienone is 1. The Morgan fingerprint density at radius 3 is 2.86 bits per heavy atom. The fourth-order valence-corrected chi connectivity index (χ4v) is 0.444. The number of halogens is 1. The second kappa shape index (κ2) is 1.87. The van der Waals surface area contributed by atoms with Crippen LogP contribution in [0.3, 0.4) is 0 Å². The molecule has 0 radical (unpaired) electrons. The third-order valence-corrected chi connectivity index (χ3v) is 0.817. The summed E-state index contributed by atoms with van der Waals surface area (Å²) in [5.41, 5.74) is 0. The molecule has 0 aromatic rings. The maximum absolute atomic E-state index is 12.0. The number of aliphatic imine (C=N–C) groups is 1. The van der Waals surface area contributed by atoms with Crippen LogP contribution in [0, 0.1) is 0 Å². The highest BCUT2D eigenvalue weighted by Gasteiger charge is 1.99. The topological polar surface area (TPSA) is 12.4 Å². The molecule has 0 saturated carbocycles. The van der Waals surface area contributed by atoms with Gasteiger partial charge >= 0.3 is 0 Å². The average molecular weight is 99.1 g/mol. The Bertz CT molecular complexity index is 107. The van der Waals surface area contributed by atoms with Crippen LogP contribution in [-0.2, 0) is 0 Å². The Balaban J connectivity index is 2.49. The maximum atomic E-state index is 12.0. The van der Waals surface area contributed by atoms with Crippen LogP contribution in [0.4, 0.5) is 4.39 Å². The minimum absolute atomic E-state index is 0.441. The van der Waals surface area contributed by atoms with Crippen molar-refractivity contribution in [2.45, 2.75) is 12.6 Å². The molecular weight excluding hydrogens is 93.1 g/mol. The summed E-state index contributed by atoms with van der Waals surface area (Å²) in [6.07, 6.45) is 4.15. The van der Waals surface area contributed by atoms with Gasteiger partial charge in [-0.2, -0.15) is 0 Å². The van der Waals surface area contributed by atoms with Gasteiger partial charge in [-0.15, -0.1) is 0 Å². The van der Waals surface area contributed by atoms with E-state index >= 15 is 0 Å². The van der Waals surface area contributed by atoms with Crippen LogP contribution in [0.25, 0.3) is 0 Å². The molecule has 7 heavy (non-hydrogen) atoms. The van der Waals surface area contributed by atoms with E-state index in [1.165, 1.54) is 12.3 Å². The van der Waals surface area contributed by atoms with Crippen LogP contribution >= 0.6 is 0 Å². The van der Waals surface area contributed by atoms with Crippen LogP contribution in [0.15, 0.2) is 17.3 Å². The molecule has 0 amide bonds. The number of alkyl halides is 1. The number of hydrogen-bond acceptors (Lipinski definition) is 1. The van der Waals surface area contributed by atoms with Crippen molar-refractivity contribution in [1.29, 1.82) is 0 Å². The second-order valence-electron chi connectivity index (χ2n) is 1.42. The molecule has 0 aliphatic carbocycles. The van der Waals surface area contributed by atoms with Crippen LogP contribution in [-0.4, -0.2) is 12.4 Å². The lowest BCUT2D eigenvalue weighted by Crippen LogP contribution is -1.97. The van der Waals surface area contributed by atoms with E-state index in [0.29, 0.717) is 6.42 Å². The van der Waals surface area contributed by atoms with Gasteiger partial charge in [0, 0.05) is 18.8 Å². The van der Waals surface area contributed by atoms with Crippen molar-refractivity contribution in [2.75, 3.05) is 0 Å². The Morgan fingerprint density at radius 1 is 1.71 bits per heavy atom. The third-order valence-electron chi connectivity index (χ3n) is 0.817. The van der Waals surface area contributed by atoms with E-state index in [1.54, 1.807) is 6.21 Å². The van der Waals surface area contributed by atoms with E-state index in [9.17, 15) is 4.39 Å². The first-order valence-electron chi connectivity index (χ1n) is 2.22. The van der Waals surface area contributed by atoms with E-state index in [2.05, 4.69) is 4.99 Å². The number of hydrogen-bond donors (Lipinski definition) is 0. The first-order chi connectivity index (χ1) is 3.39. The Hall–Kier alpha value is -0.660. The third kappa shape index (κ3) is 1.11. The zero-order valence-corrected chi connectivity index (χ0v) is 3.84. The number of rotatable bonds is 0. The summed E-state index contributed by atoms with van der Waals surface area (Å²) in [5, 5.41) is 0. The minimum atomic E-state index is -0.794. The van der Waals surface area contributed by atoms with Crippen molar-refractivity contribution in [1.82, 2.24) is 0 Å². The van der Waals surface area contributed by atoms with E-state index in [-0.39, 0.29) is 0 Å². The fraction of sp³-hybridized carbons (Fsp3) is 0.400. The van der Waals surface area contributed by atoms with Gasteiger partial charge in [0.25, 0.3) is 0 Å². The van der Waals surface area contributed by atoms with Gasteiger partial charge in [0.15, 0.2) is 0 Å². The standard InChI is InChI=1S/C5H6FN/c6-5-1-3-7-4-2-5/h1,3-5H,2H2. The molecule has 1 rings (SSSR count). The lowest BCUT2D eigenvalue weighted by Gasteiger charge is -1.97. The van der Waals surface area contributed by atoms with Gasteiger partial charge in [-0.25, -0.2) is 4.39 Å². The lowest BCUT2D eigenvalue weighted by molar-refractivity contribution is 0.410. The van der Waals surface area contributed by atoms with Gasteiger partial charge in [-0.05, 0) is 6.08 Å². The Labute approximate surface area is 41.6 Å². The molecule has 38 valence electrons. The number of nitrogens with zero attached hydrogens (tertiary/aromatic N) is 1. The smallest absolute Gasteiger partial charge is 0.125 e. The Morgan fingerprint density at radius 2 is 2.57 bits per heavy atom. The highest BCUT2D eigenvalue weighted by atomic mass is 19.1. The van der Waals surface area contributed by atoms with Crippen LogP contribution in [0.2, 0.25) is 0 Å². The summed E-state index contributed by atoms with van der Waals surface area (Å²) in [6, 6.07) is 0. The van der Waals surface area contributed by atoms with Crippen LogP contribution in [0.1, 0.15) is 6.42 Å². The molecule has 1 aliphatic heterocycles. The van der Waals surface area contributed by atoms with Gasteiger partial charge in [0.2, 0.25) is 0 Å². The molecule has 1 aliphatic rings.